The Morgan fingerprint density at radius 3 is 2.76 bits per heavy atom. The Morgan fingerprint density at radius 2 is 2.08 bits per heavy atom. The summed E-state index contributed by atoms with van der Waals surface area (Å²) in [6.45, 7) is 0. The van der Waals surface area contributed by atoms with E-state index < -0.39 is 5.91 Å². The highest BCUT2D eigenvalue weighted by Crippen LogP contribution is 2.18. The van der Waals surface area contributed by atoms with Gasteiger partial charge in [-0.25, -0.2) is 4.98 Å². The van der Waals surface area contributed by atoms with Crippen molar-refractivity contribution in [2.45, 2.75) is 0 Å². The summed E-state index contributed by atoms with van der Waals surface area (Å²) in [7, 11) is 1.57. The van der Waals surface area contributed by atoms with Crippen molar-refractivity contribution in [3.8, 4) is 11.8 Å². The summed E-state index contributed by atoms with van der Waals surface area (Å²) in [6.07, 6.45) is 4.94. The van der Waals surface area contributed by atoms with Crippen LogP contribution in [0.2, 0.25) is 0 Å². The Morgan fingerprint density at radius 1 is 1.32 bits per heavy atom. The fraction of sp³-hybridized carbons (Fsp3) is 0.0556. The fourth-order valence-corrected chi connectivity index (χ4v) is 2.59. The predicted octanol–water partition coefficient (Wildman–Crippen LogP) is 3.65. The molecule has 2 aromatic heterocycles. The second kappa shape index (κ2) is 7.20. The minimum Gasteiger partial charge on any atom is -0.497 e. The third-order valence-electron chi connectivity index (χ3n) is 3.50. The maximum atomic E-state index is 12.4. The molecule has 0 atom stereocenters. The largest absolute Gasteiger partial charge is 0.497 e. The smallest absolute Gasteiger partial charge is 0.266 e. The van der Waals surface area contributed by atoms with E-state index in [2.05, 4.69) is 26.2 Å². The number of hydrogen-bond acceptors (Lipinski definition) is 4. The normalized spacial score (nSPS) is 11.2. The second-order valence-electron chi connectivity index (χ2n) is 5.11. The molecule has 1 amide bonds. The number of anilines is 1. The number of nitrogens with one attached hydrogen (secondary N) is 1. The van der Waals surface area contributed by atoms with Gasteiger partial charge in [0.15, 0.2) is 0 Å². The molecular weight excluding hydrogens is 384 g/mol. The molecule has 1 N–H and O–H groups in total. The van der Waals surface area contributed by atoms with Crippen molar-refractivity contribution in [3.05, 3.63) is 64.5 Å². The predicted molar refractivity (Wildman–Crippen MR) is 98.1 cm³/mol. The number of carbonyl (C=O) groups is 1. The lowest BCUT2D eigenvalue weighted by molar-refractivity contribution is -0.112. The number of rotatable bonds is 4. The first-order valence-corrected chi connectivity index (χ1v) is 8.10. The van der Waals surface area contributed by atoms with E-state index in [1.165, 1.54) is 6.08 Å². The van der Waals surface area contributed by atoms with Gasteiger partial charge in [-0.05, 0) is 58.4 Å². The SMILES string of the molecule is COc1ccc(NC(=O)/C(C#N)=C\c2cnc3ccc(Br)cn23)cc1. The zero-order chi connectivity index (χ0) is 17.8. The number of aromatic nitrogens is 2. The molecule has 25 heavy (non-hydrogen) atoms. The fourth-order valence-electron chi connectivity index (χ4n) is 2.25. The lowest BCUT2D eigenvalue weighted by Gasteiger charge is -2.05. The first-order chi connectivity index (χ1) is 12.1. The standard InChI is InChI=1S/C18H13BrN4O2/c1-25-16-5-3-14(4-6-16)22-18(24)12(9-20)8-15-10-21-17-7-2-13(19)11-23(15)17/h2-8,10-11H,1H3,(H,22,24)/b12-8-. The molecule has 0 aliphatic carbocycles. The van der Waals surface area contributed by atoms with Crippen molar-refractivity contribution >= 4 is 39.2 Å². The van der Waals surface area contributed by atoms with Gasteiger partial charge in [0.1, 0.15) is 23.0 Å². The Bertz CT molecular complexity index is 1000. The Kier molecular flexibility index (Phi) is 4.82. The zero-order valence-electron chi connectivity index (χ0n) is 13.2. The van der Waals surface area contributed by atoms with E-state index in [9.17, 15) is 10.1 Å². The van der Waals surface area contributed by atoms with E-state index in [0.29, 0.717) is 17.1 Å². The van der Waals surface area contributed by atoms with E-state index in [4.69, 9.17) is 4.74 Å². The number of nitrogens with zero attached hydrogens (tertiary/aromatic N) is 3. The lowest BCUT2D eigenvalue weighted by Crippen LogP contribution is -2.13. The number of imidazole rings is 1. The molecule has 124 valence electrons. The molecule has 1 aromatic carbocycles. The van der Waals surface area contributed by atoms with E-state index in [-0.39, 0.29) is 5.57 Å². The van der Waals surface area contributed by atoms with E-state index in [1.807, 2.05) is 24.4 Å². The van der Waals surface area contributed by atoms with Gasteiger partial charge in [-0.2, -0.15) is 5.26 Å². The molecule has 7 heteroatoms. The molecule has 0 aliphatic rings. The van der Waals surface area contributed by atoms with Crippen LogP contribution in [0.3, 0.4) is 0 Å². The van der Waals surface area contributed by atoms with Crippen LogP contribution >= 0.6 is 15.9 Å². The third-order valence-corrected chi connectivity index (χ3v) is 3.97. The summed E-state index contributed by atoms with van der Waals surface area (Å²) >= 11 is 3.40. The summed E-state index contributed by atoms with van der Waals surface area (Å²) in [5, 5.41) is 12.0. The van der Waals surface area contributed by atoms with E-state index >= 15 is 0 Å². The number of nitriles is 1. The van der Waals surface area contributed by atoms with Crippen LogP contribution in [-0.2, 0) is 4.79 Å². The summed E-state index contributed by atoms with van der Waals surface area (Å²) in [6, 6.07) is 12.5. The average molecular weight is 397 g/mol. The highest BCUT2D eigenvalue weighted by Gasteiger charge is 2.11. The lowest BCUT2D eigenvalue weighted by atomic mass is 10.2. The molecule has 0 bridgehead atoms. The molecule has 0 fully saturated rings. The maximum absolute atomic E-state index is 12.4. The minimum atomic E-state index is -0.488. The molecule has 0 aliphatic heterocycles. The van der Waals surface area contributed by atoms with Gasteiger partial charge >= 0.3 is 0 Å². The van der Waals surface area contributed by atoms with Gasteiger partial charge in [-0.1, -0.05) is 0 Å². The highest BCUT2D eigenvalue weighted by atomic mass is 79.9. The second-order valence-corrected chi connectivity index (χ2v) is 6.03. The van der Waals surface area contributed by atoms with Crippen LogP contribution < -0.4 is 10.1 Å². The van der Waals surface area contributed by atoms with Crippen LogP contribution in [-0.4, -0.2) is 22.4 Å². The number of benzene rings is 1. The van der Waals surface area contributed by atoms with Crippen molar-refractivity contribution in [3.63, 3.8) is 0 Å². The first-order valence-electron chi connectivity index (χ1n) is 7.30. The van der Waals surface area contributed by atoms with Crippen LogP contribution in [0.25, 0.3) is 11.7 Å². The number of hydrogen-bond donors (Lipinski definition) is 1. The quantitative estimate of drug-likeness (QED) is 0.539. The number of ether oxygens (including phenoxy) is 1. The average Bonchev–Trinajstić information content (AvgIpc) is 3.02. The molecule has 0 unspecified atom stereocenters. The van der Waals surface area contributed by atoms with Gasteiger partial charge in [0, 0.05) is 16.4 Å². The van der Waals surface area contributed by atoms with Crippen LogP contribution in [0.4, 0.5) is 5.69 Å². The molecule has 0 saturated heterocycles. The number of fused-ring (bicyclic) bond motifs is 1. The molecule has 0 saturated carbocycles. The Hall–Kier alpha value is -3.11. The summed E-state index contributed by atoms with van der Waals surface area (Å²) in [5.74, 6) is 0.197. The highest BCUT2D eigenvalue weighted by molar-refractivity contribution is 9.10. The van der Waals surface area contributed by atoms with Gasteiger partial charge < -0.3 is 10.1 Å². The van der Waals surface area contributed by atoms with Gasteiger partial charge in [0.2, 0.25) is 0 Å². The molecule has 0 radical (unpaired) electrons. The van der Waals surface area contributed by atoms with Crippen molar-refractivity contribution in [2.75, 3.05) is 12.4 Å². The van der Waals surface area contributed by atoms with Crippen LogP contribution in [0.15, 0.2) is 58.8 Å². The molecule has 2 heterocycles. The topological polar surface area (TPSA) is 79.4 Å². The maximum Gasteiger partial charge on any atom is 0.266 e. The first kappa shape index (κ1) is 16.7. The zero-order valence-corrected chi connectivity index (χ0v) is 14.8. The molecular formula is C18H13BrN4O2. The van der Waals surface area contributed by atoms with Crippen LogP contribution in [0, 0.1) is 11.3 Å². The summed E-state index contributed by atoms with van der Waals surface area (Å²) in [4.78, 5) is 16.6. The van der Waals surface area contributed by atoms with Gasteiger partial charge in [-0.15, -0.1) is 0 Å². The Balaban J connectivity index is 1.87. The number of amides is 1. The van der Waals surface area contributed by atoms with E-state index in [1.54, 1.807) is 42.0 Å². The van der Waals surface area contributed by atoms with Crippen molar-refractivity contribution in [1.82, 2.24) is 9.38 Å². The number of carbonyl (C=O) groups excluding carboxylic acids is 1. The monoisotopic (exact) mass is 396 g/mol. The van der Waals surface area contributed by atoms with Gasteiger partial charge in [0.05, 0.1) is 19.0 Å². The molecule has 3 aromatic rings. The molecule has 6 nitrogen and oxygen atoms in total. The summed E-state index contributed by atoms with van der Waals surface area (Å²) < 4.78 is 7.74. The van der Waals surface area contributed by atoms with E-state index in [0.717, 1.165) is 10.1 Å². The van der Waals surface area contributed by atoms with Gasteiger partial charge in [-0.3, -0.25) is 9.20 Å². The number of halogens is 1. The van der Waals surface area contributed by atoms with Crippen LogP contribution in [0.1, 0.15) is 5.69 Å². The van der Waals surface area contributed by atoms with Crippen LogP contribution in [0.5, 0.6) is 5.75 Å². The van der Waals surface area contributed by atoms with Crippen molar-refractivity contribution in [2.24, 2.45) is 0 Å². The minimum absolute atomic E-state index is 0.0161. The van der Waals surface area contributed by atoms with Crippen molar-refractivity contribution < 1.29 is 9.53 Å². The number of methoxy groups -OCH3 is 1. The van der Waals surface area contributed by atoms with Crippen molar-refractivity contribution in [1.29, 1.82) is 5.26 Å². The Labute approximate surface area is 152 Å². The third kappa shape index (κ3) is 3.70. The number of pyridine rings is 1. The molecule has 0 spiro atoms. The van der Waals surface area contributed by atoms with Gasteiger partial charge in [0.25, 0.3) is 5.91 Å². The summed E-state index contributed by atoms with van der Waals surface area (Å²) in [5.41, 5.74) is 1.92. The molecule has 3 rings (SSSR count).